The molecular weight excluding hydrogens is 136 g/mol. The van der Waals surface area contributed by atoms with Gasteiger partial charge in [0, 0.05) is 12.4 Å². The van der Waals surface area contributed by atoms with Gasteiger partial charge >= 0.3 is 0 Å². The van der Waals surface area contributed by atoms with E-state index in [9.17, 15) is 0 Å². The Morgan fingerprint density at radius 2 is 2.09 bits per heavy atom. The van der Waals surface area contributed by atoms with Gasteiger partial charge in [-0.15, -0.1) is 0 Å². The maximum absolute atomic E-state index is 8.66. The largest absolute Gasteiger partial charge is 0.323 e. The number of pyridine rings is 1. The lowest BCUT2D eigenvalue weighted by atomic mass is 10.3. The van der Waals surface area contributed by atoms with Crippen LogP contribution in [-0.2, 0) is 0 Å². The van der Waals surface area contributed by atoms with Crippen LogP contribution in [0.15, 0.2) is 36.7 Å². The maximum atomic E-state index is 8.66. The molecule has 2 heteroatoms. The van der Waals surface area contributed by atoms with E-state index in [1.165, 1.54) is 0 Å². The first-order valence-electron chi connectivity index (χ1n) is 3.37. The Morgan fingerprint density at radius 3 is 2.91 bits per heavy atom. The van der Waals surface area contributed by atoms with Crippen LogP contribution in [0.2, 0.25) is 0 Å². The molecule has 2 aromatic heterocycles. The van der Waals surface area contributed by atoms with Gasteiger partial charge in [-0.1, -0.05) is 6.07 Å². The van der Waals surface area contributed by atoms with E-state index in [2.05, 4.69) is 6.07 Å². The summed E-state index contributed by atoms with van der Waals surface area (Å²) in [6, 6.07) is 9.74. The summed E-state index contributed by atoms with van der Waals surface area (Å²) in [6.07, 6.45) is 3.81. The first kappa shape index (κ1) is 5.99. The number of nitrogens with zero attached hydrogens (tertiary/aromatic N) is 2. The lowest BCUT2D eigenvalue weighted by Crippen LogP contribution is -1.78. The molecular formula is C9H6N2. The predicted molar refractivity (Wildman–Crippen MR) is 42.1 cm³/mol. The van der Waals surface area contributed by atoms with Gasteiger partial charge in [0.2, 0.25) is 0 Å². The van der Waals surface area contributed by atoms with E-state index in [-0.39, 0.29) is 0 Å². The number of rotatable bonds is 0. The molecule has 0 bridgehead atoms. The van der Waals surface area contributed by atoms with Gasteiger partial charge in [-0.05, 0) is 18.2 Å². The van der Waals surface area contributed by atoms with E-state index < -0.39 is 0 Å². The molecule has 52 valence electrons. The molecule has 11 heavy (non-hydrogen) atoms. The van der Waals surface area contributed by atoms with Crippen molar-refractivity contribution in [1.29, 1.82) is 5.26 Å². The molecule has 0 aliphatic rings. The molecule has 0 amide bonds. The summed E-state index contributed by atoms with van der Waals surface area (Å²) in [4.78, 5) is 0. The number of hydrogen-bond donors (Lipinski definition) is 0. The number of aromatic nitrogens is 1. The molecule has 0 saturated carbocycles. The third kappa shape index (κ3) is 0.786. The minimum Gasteiger partial charge on any atom is -0.323 e. The molecule has 2 heterocycles. The molecule has 0 N–H and O–H groups in total. The zero-order valence-electron chi connectivity index (χ0n) is 5.86. The van der Waals surface area contributed by atoms with Crippen LogP contribution in [0.25, 0.3) is 5.52 Å². The highest BCUT2D eigenvalue weighted by atomic mass is 14.8. The molecule has 0 atom stereocenters. The van der Waals surface area contributed by atoms with Gasteiger partial charge in [0.15, 0.2) is 0 Å². The standard InChI is InChI=1S/C9H6N2/c10-7-8-4-6-11-5-2-1-3-9(8)11/h1-6H. The Labute approximate surface area is 64.3 Å². The van der Waals surface area contributed by atoms with Crippen molar-refractivity contribution < 1.29 is 0 Å². The van der Waals surface area contributed by atoms with Crippen molar-refractivity contribution in [1.82, 2.24) is 4.40 Å². The topological polar surface area (TPSA) is 28.2 Å². The summed E-state index contributed by atoms with van der Waals surface area (Å²) < 4.78 is 1.93. The van der Waals surface area contributed by atoms with Crippen molar-refractivity contribution in [3.63, 3.8) is 0 Å². The summed E-state index contributed by atoms with van der Waals surface area (Å²) in [5, 5.41) is 8.66. The molecule has 0 aromatic carbocycles. The fourth-order valence-electron chi connectivity index (χ4n) is 1.15. The fraction of sp³-hybridized carbons (Fsp3) is 0. The zero-order valence-corrected chi connectivity index (χ0v) is 5.86. The lowest BCUT2D eigenvalue weighted by molar-refractivity contribution is 1.20. The Bertz CT molecular complexity index is 420. The highest BCUT2D eigenvalue weighted by Gasteiger charge is 1.97. The van der Waals surface area contributed by atoms with Crippen molar-refractivity contribution in [3.05, 3.63) is 42.2 Å². The Balaban J connectivity index is 2.89. The minimum atomic E-state index is 0.727. The van der Waals surface area contributed by atoms with Gasteiger partial charge in [-0.3, -0.25) is 0 Å². The smallest absolute Gasteiger partial charge is 0.101 e. The van der Waals surface area contributed by atoms with Crippen molar-refractivity contribution in [3.8, 4) is 6.07 Å². The zero-order chi connectivity index (χ0) is 7.68. The van der Waals surface area contributed by atoms with Crippen molar-refractivity contribution in [2.24, 2.45) is 0 Å². The second kappa shape index (κ2) is 2.14. The molecule has 0 unspecified atom stereocenters. The molecule has 2 nitrogen and oxygen atoms in total. The van der Waals surface area contributed by atoms with Crippen LogP contribution in [0, 0.1) is 11.3 Å². The third-order valence-electron chi connectivity index (χ3n) is 1.69. The van der Waals surface area contributed by atoms with Gasteiger partial charge in [0.05, 0.1) is 11.1 Å². The van der Waals surface area contributed by atoms with Gasteiger partial charge in [0.25, 0.3) is 0 Å². The summed E-state index contributed by atoms with van der Waals surface area (Å²) >= 11 is 0. The molecule has 0 radical (unpaired) electrons. The SMILES string of the molecule is N#Cc1ccn2ccccc12. The van der Waals surface area contributed by atoms with E-state index >= 15 is 0 Å². The van der Waals surface area contributed by atoms with Crippen molar-refractivity contribution in [2.45, 2.75) is 0 Å². The van der Waals surface area contributed by atoms with Gasteiger partial charge in [0.1, 0.15) is 6.07 Å². The van der Waals surface area contributed by atoms with Gasteiger partial charge in [-0.2, -0.15) is 5.26 Å². The van der Waals surface area contributed by atoms with Crippen LogP contribution < -0.4 is 0 Å². The monoisotopic (exact) mass is 142 g/mol. The molecule has 0 saturated heterocycles. The lowest BCUT2D eigenvalue weighted by Gasteiger charge is -1.90. The van der Waals surface area contributed by atoms with Crippen LogP contribution in [-0.4, -0.2) is 4.40 Å². The Hall–Kier alpha value is -1.75. The van der Waals surface area contributed by atoms with Crippen molar-refractivity contribution in [2.75, 3.05) is 0 Å². The normalized spacial score (nSPS) is 9.73. The molecule has 2 aromatic rings. The molecule has 0 fully saturated rings. The Kier molecular flexibility index (Phi) is 1.16. The van der Waals surface area contributed by atoms with Gasteiger partial charge in [-0.25, -0.2) is 0 Å². The van der Waals surface area contributed by atoms with Crippen LogP contribution in [0.5, 0.6) is 0 Å². The third-order valence-corrected chi connectivity index (χ3v) is 1.69. The molecule has 0 aliphatic carbocycles. The molecule has 0 spiro atoms. The highest BCUT2D eigenvalue weighted by Crippen LogP contribution is 2.09. The van der Waals surface area contributed by atoms with E-state index in [4.69, 9.17) is 5.26 Å². The number of hydrogen-bond acceptors (Lipinski definition) is 1. The Morgan fingerprint density at radius 1 is 1.18 bits per heavy atom. The first-order chi connectivity index (χ1) is 5.42. The second-order valence-corrected chi connectivity index (χ2v) is 2.33. The van der Waals surface area contributed by atoms with E-state index in [0.29, 0.717) is 0 Å². The number of fused-ring (bicyclic) bond motifs is 1. The highest BCUT2D eigenvalue weighted by molar-refractivity contribution is 5.61. The minimum absolute atomic E-state index is 0.727. The predicted octanol–water partition coefficient (Wildman–Crippen LogP) is 1.81. The number of nitriles is 1. The quantitative estimate of drug-likeness (QED) is 0.551. The van der Waals surface area contributed by atoms with Crippen LogP contribution in [0.4, 0.5) is 0 Å². The van der Waals surface area contributed by atoms with E-state index in [1.807, 2.05) is 41.1 Å². The van der Waals surface area contributed by atoms with Crippen LogP contribution in [0.3, 0.4) is 0 Å². The van der Waals surface area contributed by atoms with E-state index in [0.717, 1.165) is 11.1 Å². The van der Waals surface area contributed by atoms with Crippen LogP contribution in [0.1, 0.15) is 5.56 Å². The molecule has 0 aliphatic heterocycles. The average Bonchev–Trinajstić information content (AvgIpc) is 2.47. The maximum Gasteiger partial charge on any atom is 0.101 e. The second-order valence-electron chi connectivity index (χ2n) is 2.33. The summed E-state index contributed by atoms with van der Waals surface area (Å²) in [5.41, 5.74) is 1.70. The summed E-state index contributed by atoms with van der Waals surface area (Å²) in [6.45, 7) is 0. The first-order valence-corrected chi connectivity index (χ1v) is 3.37. The molecule has 2 rings (SSSR count). The van der Waals surface area contributed by atoms with Crippen molar-refractivity contribution >= 4 is 5.52 Å². The van der Waals surface area contributed by atoms with Gasteiger partial charge < -0.3 is 4.40 Å². The summed E-state index contributed by atoms with van der Waals surface area (Å²) in [7, 11) is 0. The summed E-state index contributed by atoms with van der Waals surface area (Å²) in [5.74, 6) is 0. The van der Waals surface area contributed by atoms with E-state index in [1.54, 1.807) is 0 Å². The fourth-order valence-corrected chi connectivity index (χ4v) is 1.15. The average molecular weight is 142 g/mol. The van der Waals surface area contributed by atoms with Crippen LogP contribution >= 0.6 is 0 Å².